The van der Waals surface area contributed by atoms with Gasteiger partial charge in [-0.3, -0.25) is 9.59 Å². The van der Waals surface area contributed by atoms with Crippen molar-refractivity contribution in [3.05, 3.63) is 80.3 Å². The number of amides is 1. The zero-order valence-corrected chi connectivity index (χ0v) is 19.8. The molecule has 1 N–H and O–H groups in total. The summed E-state index contributed by atoms with van der Waals surface area (Å²) < 4.78 is 7.01. The summed E-state index contributed by atoms with van der Waals surface area (Å²) in [4.78, 5) is 34.7. The van der Waals surface area contributed by atoms with Crippen LogP contribution >= 0.6 is 11.3 Å². The fourth-order valence-corrected chi connectivity index (χ4v) is 4.30. The highest BCUT2D eigenvalue weighted by Gasteiger charge is 2.21. The average molecular weight is 462 g/mol. The number of carbonyl (C=O) groups excluding carboxylic acids is 1. The van der Waals surface area contributed by atoms with Crippen LogP contribution in [0.2, 0.25) is 0 Å². The van der Waals surface area contributed by atoms with E-state index in [0.717, 1.165) is 16.8 Å². The first kappa shape index (κ1) is 22.3. The number of anilines is 1. The molecular weight excluding hydrogens is 438 g/mol. The van der Waals surface area contributed by atoms with Gasteiger partial charge in [0, 0.05) is 13.1 Å². The third-order valence-corrected chi connectivity index (χ3v) is 6.35. The van der Waals surface area contributed by atoms with Gasteiger partial charge in [-0.1, -0.05) is 17.7 Å². The molecule has 0 radical (unpaired) electrons. The molecule has 4 rings (SSSR count). The number of nitrogens with zero attached hydrogens (tertiary/aromatic N) is 4. The fraction of sp³-hybridized carbons (Fsp3) is 0.208. The number of hydrogen-bond acceptors (Lipinski definition) is 7. The number of carbonyl (C=O) groups is 1. The number of nitrogens with one attached hydrogen (secondary N) is 1. The summed E-state index contributed by atoms with van der Waals surface area (Å²) in [5.41, 5.74) is 3.94. The van der Waals surface area contributed by atoms with Gasteiger partial charge in [-0.05, 0) is 51.5 Å². The number of benzene rings is 1. The molecule has 0 aliphatic heterocycles. The monoisotopic (exact) mass is 461 g/mol. The van der Waals surface area contributed by atoms with E-state index in [4.69, 9.17) is 4.74 Å². The predicted octanol–water partition coefficient (Wildman–Crippen LogP) is 4.58. The van der Waals surface area contributed by atoms with Gasteiger partial charge in [0.05, 0.1) is 28.8 Å². The van der Waals surface area contributed by atoms with Gasteiger partial charge in [-0.15, -0.1) is 11.3 Å². The normalized spacial score (nSPS) is 10.8. The molecule has 168 valence electrons. The van der Waals surface area contributed by atoms with Gasteiger partial charge in [0.2, 0.25) is 5.88 Å². The zero-order valence-electron chi connectivity index (χ0n) is 19.0. The lowest BCUT2D eigenvalue weighted by atomic mass is 10.1. The summed E-state index contributed by atoms with van der Waals surface area (Å²) >= 11 is 1.18. The maximum absolute atomic E-state index is 12.9. The molecule has 0 saturated heterocycles. The van der Waals surface area contributed by atoms with E-state index >= 15 is 0 Å². The van der Waals surface area contributed by atoms with Crippen molar-refractivity contribution in [1.29, 1.82) is 0 Å². The molecule has 0 aliphatic rings. The predicted molar refractivity (Wildman–Crippen MR) is 128 cm³/mol. The fourth-order valence-electron chi connectivity index (χ4n) is 3.24. The molecule has 3 heterocycles. The number of thiazole rings is 1. The van der Waals surface area contributed by atoms with Crippen molar-refractivity contribution in [3.8, 4) is 22.2 Å². The van der Waals surface area contributed by atoms with E-state index in [1.165, 1.54) is 22.2 Å². The van der Waals surface area contributed by atoms with Crippen molar-refractivity contribution < 1.29 is 9.53 Å². The summed E-state index contributed by atoms with van der Waals surface area (Å²) in [6.07, 6.45) is 1.53. The molecule has 0 spiro atoms. The third-order valence-electron chi connectivity index (χ3n) is 5.18. The molecule has 0 bridgehead atoms. The number of ether oxygens (including phenoxy) is 1. The van der Waals surface area contributed by atoms with Gasteiger partial charge in [0.15, 0.2) is 0 Å². The van der Waals surface area contributed by atoms with Crippen LogP contribution in [0.25, 0.3) is 10.6 Å². The molecule has 1 aromatic carbocycles. The van der Waals surface area contributed by atoms with Crippen LogP contribution in [0.3, 0.4) is 0 Å². The van der Waals surface area contributed by atoms with Gasteiger partial charge in [-0.25, -0.2) is 14.6 Å². The van der Waals surface area contributed by atoms with Gasteiger partial charge in [0.25, 0.3) is 11.5 Å². The molecular formula is C24H23N5O3S. The van der Waals surface area contributed by atoms with Crippen LogP contribution in [0.15, 0.2) is 47.4 Å². The number of pyridine rings is 1. The van der Waals surface area contributed by atoms with Crippen molar-refractivity contribution in [2.24, 2.45) is 7.05 Å². The molecule has 0 aliphatic carbocycles. The highest BCUT2D eigenvalue weighted by atomic mass is 32.1. The van der Waals surface area contributed by atoms with Gasteiger partial charge in [0.1, 0.15) is 15.6 Å². The van der Waals surface area contributed by atoms with E-state index < -0.39 is 0 Å². The minimum Gasteiger partial charge on any atom is -0.439 e. The largest absolute Gasteiger partial charge is 0.439 e. The van der Waals surface area contributed by atoms with Crippen molar-refractivity contribution in [2.75, 3.05) is 5.32 Å². The second-order valence-electron chi connectivity index (χ2n) is 7.70. The van der Waals surface area contributed by atoms with Crippen LogP contribution < -0.4 is 15.6 Å². The summed E-state index contributed by atoms with van der Waals surface area (Å²) in [5.74, 6) is 0.795. The second-order valence-corrected chi connectivity index (χ2v) is 8.70. The van der Waals surface area contributed by atoms with Crippen LogP contribution in [-0.2, 0) is 7.05 Å². The highest BCUT2D eigenvalue weighted by Crippen LogP contribution is 2.29. The summed E-state index contributed by atoms with van der Waals surface area (Å²) in [5, 5.41) is 7.53. The summed E-state index contributed by atoms with van der Waals surface area (Å²) in [6, 6.07) is 11.1. The number of aromatic nitrogens is 4. The van der Waals surface area contributed by atoms with E-state index in [-0.39, 0.29) is 11.5 Å². The lowest BCUT2D eigenvalue weighted by Gasteiger charge is -2.07. The Kier molecular flexibility index (Phi) is 6.06. The molecule has 0 fully saturated rings. The number of aryl methyl sites for hydroxylation is 4. The Bertz CT molecular complexity index is 1390. The van der Waals surface area contributed by atoms with Crippen LogP contribution in [0.1, 0.15) is 32.2 Å². The Morgan fingerprint density at radius 2 is 1.76 bits per heavy atom. The molecule has 8 nitrogen and oxygen atoms in total. The van der Waals surface area contributed by atoms with Crippen LogP contribution in [0.5, 0.6) is 11.6 Å². The molecule has 1 amide bonds. The van der Waals surface area contributed by atoms with Crippen molar-refractivity contribution in [1.82, 2.24) is 19.7 Å². The number of hydrogen-bond donors (Lipinski definition) is 1. The summed E-state index contributed by atoms with van der Waals surface area (Å²) in [6.45, 7) is 7.43. The minimum absolute atomic E-state index is 0.243. The third kappa shape index (κ3) is 4.68. The van der Waals surface area contributed by atoms with E-state index in [1.807, 2.05) is 45.0 Å². The first-order valence-corrected chi connectivity index (χ1v) is 11.1. The maximum atomic E-state index is 12.9. The van der Waals surface area contributed by atoms with Crippen molar-refractivity contribution >= 4 is 22.9 Å². The highest BCUT2D eigenvalue weighted by molar-refractivity contribution is 7.17. The quantitative estimate of drug-likeness (QED) is 0.467. The van der Waals surface area contributed by atoms with E-state index in [9.17, 15) is 9.59 Å². The lowest BCUT2D eigenvalue weighted by Crippen LogP contribution is -2.23. The van der Waals surface area contributed by atoms with E-state index in [1.54, 1.807) is 26.1 Å². The smallest absolute Gasteiger partial charge is 0.277 e. The van der Waals surface area contributed by atoms with Crippen LogP contribution in [0, 0.1) is 27.7 Å². The number of rotatable bonds is 5. The topological polar surface area (TPSA) is 99.0 Å². The minimum atomic E-state index is -0.314. The molecule has 4 aromatic rings. The van der Waals surface area contributed by atoms with Crippen LogP contribution in [0.4, 0.5) is 5.69 Å². The van der Waals surface area contributed by atoms with E-state index in [0.29, 0.717) is 38.5 Å². The molecule has 33 heavy (non-hydrogen) atoms. The van der Waals surface area contributed by atoms with Crippen molar-refractivity contribution in [2.45, 2.75) is 27.7 Å². The molecule has 3 aromatic heterocycles. The second kappa shape index (κ2) is 8.95. The summed E-state index contributed by atoms with van der Waals surface area (Å²) in [7, 11) is 1.60. The van der Waals surface area contributed by atoms with Crippen molar-refractivity contribution in [3.63, 3.8) is 0 Å². The lowest BCUT2D eigenvalue weighted by molar-refractivity contribution is 0.102. The molecule has 0 unspecified atom stereocenters. The van der Waals surface area contributed by atoms with Gasteiger partial charge >= 0.3 is 0 Å². The Morgan fingerprint density at radius 1 is 1.03 bits per heavy atom. The van der Waals surface area contributed by atoms with E-state index in [2.05, 4.69) is 20.4 Å². The van der Waals surface area contributed by atoms with Gasteiger partial charge < -0.3 is 10.1 Å². The Labute approximate surface area is 194 Å². The Balaban J connectivity index is 1.52. The molecule has 0 saturated carbocycles. The Morgan fingerprint density at radius 3 is 2.42 bits per heavy atom. The Hall–Kier alpha value is -3.85. The maximum Gasteiger partial charge on any atom is 0.277 e. The first-order chi connectivity index (χ1) is 15.7. The standard InChI is InChI=1S/C24H23N5O3S/c1-13-6-9-18(10-7-13)32-19-11-8-17(12-25-19)27-22(30)21-16(4)26-23(33-21)20-14(2)15(3)28-29(5)24(20)31/h6-12H,1-5H3,(H,27,30). The SMILES string of the molecule is Cc1ccc(Oc2ccc(NC(=O)c3sc(-c4c(C)c(C)nn(C)c4=O)nc3C)cn2)cc1. The van der Waals surface area contributed by atoms with Crippen LogP contribution in [-0.4, -0.2) is 25.7 Å². The average Bonchev–Trinajstić information content (AvgIpc) is 3.17. The van der Waals surface area contributed by atoms with Gasteiger partial charge in [-0.2, -0.15) is 5.10 Å². The molecule has 9 heteroatoms. The first-order valence-electron chi connectivity index (χ1n) is 10.3. The molecule has 0 atom stereocenters. The zero-order chi connectivity index (χ0) is 23.7.